The first kappa shape index (κ1) is 33.2. The van der Waals surface area contributed by atoms with Crippen LogP contribution < -0.4 is 15.5 Å². The van der Waals surface area contributed by atoms with Crippen molar-refractivity contribution in [3.8, 4) is 5.75 Å². The summed E-state index contributed by atoms with van der Waals surface area (Å²) in [5.41, 5.74) is 4.68. The van der Waals surface area contributed by atoms with Gasteiger partial charge in [-0.2, -0.15) is 10.1 Å². The maximum absolute atomic E-state index is 12.3. The van der Waals surface area contributed by atoms with Crippen LogP contribution in [0.5, 0.6) is 5.75 Å². The van der Waals surface area contributed by atoms with E-state index in [-0.39, 0.29) is 24.1 Å². The third-order valence-corrected chi connectivity index (χ3v) is 7.31. The van der Waals surface area contributed by atoms with Crippen LogP contribution in [0.3, 0.4) is 0 Å². The van der Waals surface area contributed by atoms with E-state index in [2.05, 4.69) is 60.8 Å². The van der Waals surface area contributed by atoms with E-state index in [4.69, 9.17) is 9.73 Å². The largest absolute Gasteiger partial charge is 0.474 e. The van der Waals surface area contributed by atoms with Crippen molar-refractivity contribution in [3.05, 3.63) is 29.8 Å². The smallest absolute Gasteiger partial charge is 0.223 e. The quantitative estimate of drug-likeness (QED) is 0.127. The number of nitrogens with zero attached hydrogens (tertiary/aromatic N) is 3. The number of carbonyl (C=O) groups is 1. The van der Waals surface area contributed by atoms with Gasteiger partial charge < -0.3 is 15.2 Å². The summed E-state index contributed by atoms with van der Waals surface area (Å²) in [6, 6.07) is 8.41. The zero-order chi connectivity index (χ0) is 28.5. The van der Waals surface area contributed by atoms with Gasteiger partial charge in [0.1, 0.15) is 5.75 Å². The highest BCUT2D eigenvalue weighted by atomic mass is 16.5. The molecule has 0 bridgehead atoms. The van der Waals surface area contributed by atoms with E-state index < -0.39 is 6.10 Å². The summed E-state index contributed by atoms with van der Waals surface area (Å²) < 4.78 is 6.61. The van der Waals surface area contributed by atoms with Crippen molar-refractivity contribution < 1.29 is 14.6 Å². The van der Waals surface area contributed by atoms with Gasteiger partial charge in [0, 0.05) is 38.5 Å². The highest BCUT2D eigenvalue weighted by Crippen LogP contribution is 2.21. The second kappa shape index (κ2) is 19.1. The first-order chi connectivity index (χ1) is 18.9. The van der Waals surface area contributed by atoms with E-state index in [1.54, 1.807) is 6.92 Å². The van der Waals surface area contributed by atoms with Gasteiger partial charge in [-0.3, -0.25) is 9.79 Å². The normalized spacial score (nSPS) is 20.4. The molecular formula is C31H55N5O3. The number of hydrazine groups is 2. The lowest BCUT2D eigenvalue weighted by atomic mass is 10.0. The van der Waals surface area contributed by atoms with Crippen LogP contribution >= 0.6 is 0 Å². The summed E-state index contributed by atoms with van der Waals surface area (Å²) in [6.07, 6.45) is 12.7. The zero-order valence-corrected chi connectivity index (χ0v) is 25.2. The molecule has 0 aromatic heterocycles. The summed E-state index contributed by atoms with van der Waals surface area (Å²) in [5, 5.41) is 17.1. The summed E-state index contributed by atoms with van der Waals surface area (Å²) >= 11 is 0. The number of aliphatic imine (C=N–C) groups is 1. The number of benzene rings is 1. The molecule has 4 atom stereocenters. The summed E-state index contributed by atoms with van der Waals surface area (Å²) in [6.45, 7) is 12.5. The highest BCUT2D eigenvalue weighted by molar-refractivity contribution is 5.81. The van der Waals surface area contributed by atoms with Crippen LogP contribution in [0.4, 0.5) is 0 Å². The molecule has 0 spiro atoms. The number of amides is 1. The minimum absolute atomic E-state index is 0.0614. The average Bonchev–Trinajstić information content (AvgIpc) is 2.92. The fourth-order valence-corrected chi connectivity index (χ4v) is 4.86. The topological polar surface area (TPSA) is 89.4 Å². The van der Waals surface area contributed by atoms with E-state index in [9.17, 15) is 9.90 Å². The molecule has 0 fully saturated rings. The Morgan fingerprint density at radius 1 is 1.08 bits per heavy atom. The van der Waals surface area contributed by atoms with Gasteiger partial charge in [-0.15, -0.1) is 0 Å². The van der Waals surface area contributed by atoms with E-state index in [1.165, 1.54) is 50.5 Å². The maximum Gasteiger partial charge on any atom is 0.223 e. The third-order valence-electron chi connectivity index (χ3n) is 7.31. The van der Waals surface area contributed by atoms with Crippen LogP contribution in [-0.4, -0.2) is 71.9 Å². The fraction of sp³-hybridized carbons (Fsp3) is 0.742. The SMILES string of the molecule is CCCCCCCCCc1ccc(OC(CC2CNC(=O)C(C)C/C=N\2)N(CC)N(CC)NCC(C)O)cc1. The molecule has 4 unspecified atom stereocenters. The Balaban J connectivity index is 2.08. The Morgan fingerprint density at radius 3 is 2.41 bits per heavy atom. The molecular weight excluding hydrogens is 490 g/mol. The fourth-order valence-electron chi connectivity index (χ4n) is 4.86. The molecule has 0 aliphatic carbocycles. The van der Waals surface area contributed by atoms with Crippen molar-refractivity contribution in [2.45, 2.75) is 117 Å². The van der Waals surface area contributed by atoms with Gasteiger partial charge >= 0.3 is 0 Å². The first-order valence-corrected chi connectivity index (χ1v) is 15.4. The molecule has 8 nitrogen and oxygen atoms in total. The second-order valence-corrected chi connectivity index (χ2v) is 10.9. The number of aryl methyl sites for hydroxylation is 1. The van der Waals surface area contributed by atoms with Gasteiger partial charge in [0.05, 0.1) is 12.1 Å². The molecule has 8 heteroatoms. The molecule has 0 saturated carbocycles. The van der Waals surface area contributed by atoms with Crippen molar-refractivity contribution >= 4 is 12.1 Å². The summed E-state index contributed by atoms with van der Waals surface area (Å²) in [7, 11) is 0. The van der Waals surface area contributed by atoms with Crippen LogP contribution in [0.15, 0.2) is 29.3 Å². The number of hydrogen-bond donors (Lipinski definition) is 3. The minimum atomic E-state index is -0.464. The summed E-state index contributed by atoms with van der Waals surface area (Å²) in [5.74, 6) is 0.829. The van der Waals surface area contributed by atoms with E-state index in [1.807, 2.05) is 18.3 Å². The van der Waals surface area contributed by atoms with Crippen LogP contribution in [-0.2, 0) is 11.2 Å². The number of nitrogens with one attached hydrogen (secondary N) is 2. The molecule has 1 aromatic rings. The first-order valence-electron chi connectivity index (χ1n) is 15.4. The van der Waals surface area contributed by atoms with Gasteiger partial charge in [0.25, 0.3) is 0 Å². The Bertz CT molecular complexity index is 817. The average molecular weight is 546 g/mol. The van der Waals surface area contributed by atoms with Crippen molar-refractivity contribution in [2.75, 3.05) is 26.2 Å². The predicted octanol–water partition coefficient (Wildman–Crippen LogP) is 5.11. The second-order valence-electron chi connectivity index (χ2n) is 10.9. The third kappa shape index (κ3) is 12.8. The Labute approximate surface area is 237 Å². The van der Waals surface area contributed by atoms with E-state index >= 15 is 0 Å². The summed E-state index contributed by atoms with van der Waals surface area (Å²) in [4.78, 5) is 17.1. The molecule has 0 saturated heterocycles. The Hall–Kier alpha value is -2.00. The lowest BCUT2D eigenvalue weighted by molar-refractivity contribution is -0.157. The van der Waals surface area contributed by atoms with Crippen LogP contribution in [0.2, 0.25) is 0 Å². The maximum atomic E-state index is 12.3. The molecule has 3 N–H and O–H groups in total. The van der Waals surface area contributed by atoms with Gasteiger partial charge in [0.2, 0.25) is 5.91 Å². The molecule has 222 valence electrons. The molecule has 1 amide bonds. The monoisotopic (exact) mass is 545 g/mol. The molecule has 1 aliphatic heterocycles. The van der Waals surface area contributed by atoms with E-state index in [0.717, 1.165) is 12.2 Å². The van der Waals surface area contributed by atoms with Gasteiger partial charge in [-0.1, -0.05) is 71.4 Å². The molecule has 0 radical (unpaired) electrons. The highest BCUT2D eigenvalue weighted by Gasteiger charge is 2.28. The van der Waals surface area contributed by atoms with Crippen molar-refractivity contribution in [2.24, 2.45) is 10.9 Å². The number of hydrogen-bond acceptors (Lipinski definition) is 7. The zero-order valence-electron chi connectivity index (χ0n) is 25.2. The van der Waals surface area contributed by atoms with Gasteiger partial charge in [-0.05, 0) is 57.0 Å². The molecule has 2 rings (SSSR count). The Morgan fingerprint density at radius 2 is 1.77 bits per heavy atom. The number of aliphatic hydroxyl groups is 1. The predicted molar refractivity (Wildman–Crippen MR) is 161 cm³/mol. The number of ether oxygens (including phenoxy) is 1. The number of rotatable bonds is 19. The standard InChI is InChI=1S/C31H55N5O3/c1-6-9-10-11-12-13-14-15-27-16-18-29(19-17-27)39-30(35(7-2)36(8-3)34-23-26(5)37)22-28-24-33-31(38)25(4)20-21-32-28/h16-19,21,25-26,28,30,34,37H,6-15,20,22-24H2,1-5H3,(H,33,38)/b32-21-. The van der Waals surface area contributed by atoms with Crippen molar-refractivity contribution in [3.63, 3.8) is 0 Å². The lowest BCUT2D eigenvalue weighted by Crippen LogP contribution is -2.58. The minimum Gasteiger partial charge on any atom is -0.474 e. The van der Waals surface area contributed by atoms with Crippen LogP contribution in [0, 0.1) is 5.92 Å². The van der Waals surface area contributed by atoms with Gasteiger partial charge in [-0.25, -0.2) is 5.43 Å². The van der Waals surface area contributed by atoms with Gasteiger partial charge in [0.15, 0.2) is 6.23 Å². The molecule has 1 heterocycles. The van der Waals surface area contributed by atoms with Crippen molar-refractivity contribution in [1.29, 1.82) is 0 Å². The lowest BCUT2D eigenvalue weighted by Gasteiger charge is -2.40. The molecule has 1 aromatic carbocycles. The van der Waals surface area contributed by atoms with E-state index in [0.29, 0.717) is 39.0 Å². The molecule has 1 aliphatic rings. The Kier molecular flexibility index (Phi) is 16.3. The van der Waals surface area contributed by atoms with Crippen LogP contribution in [0.1, 0.15) is 98.0 Å². The molecule has 39 heavy (non-hydrogen) atoms. The number of aliphatic hydroxyl groups excluding tert-OH is 1. The number of carbonyl (C=O) groups excluding carboxylic acids is 1. The van der Waals surface area contributed by atoms with Crippen LogP contribution in [0.25, 0.3) is 0 Å². The number of unbranched alkanes of at least 4 members (excludes halogenated alkanes) is 6. The van der Waals surface area contributed by atoms with Crippen molar-refractivity contribution in [1.82, 2.24) is 20.9 Å².